The van der Waals surface area contributed by atoms with Gasteiger partial charge in [0.15, 0.2) is 5.13 Å². The number of aromatic nitrogens is 1. The first-order valence-electron chi connectivity index (χ1n) is 8.20. The third-order valence-electron chi connectivity index (χ3n) is 5.28. The Bertz CT molecular complexity index is 659. The van der Waals surface area contributed by atoms with Crippen molar-refractivity contribution in [2.45, 2.75) is 51.2 Å². The van der Waals surface area contributed by atoms with Crippen LogP contribution in [0.3, 0.4) is 0 Å². The predicted molar refractivity (Wildman–Crippen MR) is 84.4 cm³/mol. The first-order chi connectivity index (χ1) is 11.0. The van der Waals surface area contributed by atoms with Gasteiger partial charge in [0.05, 0.1) is 29.7 Å². The van der Waals surface area contributed by atoms with Crippen LogP contribution in [0.25, 0.3) is 0 Å². The smallest absolute Gasteiger partial charge is 0.310 e. The summed E-state index contributed by atoms with van der Waals surface area (Å²) in [6.07, 6.45) is 4.00. The standard InChI is InChI=1S/C16H20N2O4S/c1-7-2-3-8-11(6-7)23-16(17-8)18-14(19)12-9-4-5-10(22-9)13(12)15(20)21/h7,9-10,12-13H,2-6H2,1H3,(H,20,21)(H,17,18,19)/t7-,9-,10-,12+,13+/m1/s1. The number of nitrogens with one attached hydrogen (secondary N) is 1. The highest BCUT2D eigenvalue weighted by molar-refractivity contribution is 7.15. The van der Waals surface area contributed by atoms with Crippen molar-refractivity contribution in [3.63, 3.8) is 0 Å². The molecular weight excluding hydrogens is 316 g/mol. The van der Waals surface area contributed by atoms with Crippen molar-refractivity contribution in [3.8, 4) is 0 Å². The van der Waals surface area contributed by atoms with Gasteiger partial charge in [0.1, 0.15) is 0 Å². The molecule has 1 aromatic heterocycles. The number of hydrogen-bond donors (Lipinski definition) is 2. The van der Waals surface area contributed by atoms with Gasteiger partial charge in [-0.05, 0) is 38.0 Å². The molecule has 124 valence electrons. The monoisotopic (exact) mass is 336 g/mol. The third-order valence-corrected chi connectivity index (χ3v) is 6.31. The number of hydrogen-bond acceptors (Lipinski definition) is 5. The van der Waals surface area contributed by atoms with E-state index in [1.54, 1.807) is 0 Å². The number of carbonyl (C=O) groups excluding carboxylic acids is 1. The number of ether oxygens (including phenoxy) is 1. The molecule has 23 heavy (non-hydrogen) atoms. The predicted octanol–water partition coefficient (Wildman–Crippen LogP) is 2.08. The number of carboxylic acid groups (broad SMARTS) is 1. The Morgan fingerprint density at radius 1 is 1.26 bits per heavy atom. The number of rotatable bonds is 3. The molecule has 3 heterocycles. The minimum Gasteiger partial charge on any atom is -0.481 e. The highest BCUT2D eigenvalue weighted by atomic mass is 32.1. The van der Waals surface area contributed by atoms with Crippen LogP contribution < -0.4 is 5.32 Å². The zero-order valence-corrected chi connectivity index (χ0v) is 13.8. The first kappa shape index (κ1) is 15.1. The maximum atomic E-state index is 12.6. The van der Waals surface area contributed by atoms with Gasteiger partial charge in [-0.2, -0.15) is 0 Å². The summed E-state index contributed by atoms with van der Waals surface area (Å²) < 4.78 is 5.65. The lowest BCUT2D eigenvalue weighted by Crippen LogP contribution is -2.40. The highest BCUT2D eigenvalue weighted by Gasteiger charge is 2.55. The number of aryl methyl sites for hydroxylation is 1. The molecule has 2 bridgehead atoms. The van der Waals surface area contributed by atoms with Crippen LogP contribution >= 0.6 is 11.3 Å². The van der Waals surface area contributed by atoms with Crippen molar-refractivity contribution >= 4 is 28.3 Å². The van der Waals surface area contributed by atoms with Crippen molar-refractivity contribution in [2.75, 3.05) is 5.32 Å². The second kappa shape index (κ2) is 5.56. The molecule has 4 rings (SSSR count). The van der Waals surface area contributed by atoms with E-state index in [0.717, 1.165) is 37.8 Å². The number of fused-ring (bicyclic) bond motifs is 3. The highest BCUT2D eigenvalue weighted by Crippen LogP contribution is 2.44. The van der Waals surface area contributed by atoms with Crippen molar-refractivity contribution in [2.24, 2.45) is 17.8 Å². The number of aliphatic carboxylic acids is 1. The van der Waals surface area contributed by atoms with Crippen molar-refractivity contribution in [1.29, 1.82) is 0 Å². The van der Waals surface area contributed by atoms with E-state index in [1.165, 1.54) is 16.2 Å². The van der Waals surface area contributed by atoms with Gasteiger partial charge in [-0.1, -0.05) is 6.92 Å². The lowest BCUT2D eigenvalue weighted by Gasteiger charge is -2.23. The number of thiazole rings is 1. The molecule has 0 spiro atoms. The molecule has 5 atom stereocenters. The average Bonchev–Trinajstić information content (AvgIpc) is 3.18. The van der Waals surface area contributed by atoms with Gasteiger partial charge in [0.2, 0.25) is 5.91 Å². The topological polar surface area (TPSA) is 88.5 Å². The molecule has 2 fully saturated rings. The lowest BCUT2D eigenvalue weighted by atomic mass is 9.79. The molecule has 1 aliphatic carbocycles. The largest absolute Gasteiger partial charge is 0.481 e. The van der Waals surface area contributed by atoms with Crippen LogP contribution in [0, 0.1) is 17.8 Å². The zero-order chi connectivity index (χ0) is 16.1. The molecule has 2 saturated heterocycles. The molecule has 6 nitrogen and oxygen atoms in total. The Labute approximate surface area is 138 Å². The minimum absolute atomic E-state index is 0.260. The van der Waals surface area contributed by atoms with E-state index in [2.05, 4.69) is 17.2 Å². The fourth-order valence-electron chi connectivity index (χ4n) is 4.11. The van der Waals surface area contributed by atoms with Crippen LogP contribution in [0.1, 0.15) is 36.8 Å². The Balaban J connectivity index is 1.51. The Morgan fingerprint density at radius 3 is 2.74 bits per heavy atom. The quantitative estimate of drug-likeness (QED) is 0.882. The molecule has 7 heteroatoms. The molecule has 0 radical (unpaired) electrons. The van der Waals surface area contributed by atoms with E-state index in [1.807, 2.05) is 0 Å². The van der Waals surface area contributed by atoms with E-state index in [-0.39, 0.29) is 18.1 Å². The van der Waals surface area contributed by atoms with Crippen molar-refractivity contribution < 1.29 is 19.4 Å². The Hall–Kier alpha value is -1.47. The van der Waals surface area contributed by atoms with Crippen LogP contribution in [-0.4, -0.2) is 34.2 Å². The normalized spacial score (nSPS) is 35.1. The van der Waals surface area contributed by atoms with Crippen LogP contribution in [-0.2, 0) is 27.2 Å². The SMILES string of the molecule is C[C@@H]1CCc2nc(NC(=O)[C@@H]3[C@@H](C(=O)O)[C@H]4CC[C@H]3O4)sc2C1. The van der Waals surface area contributed by atoms with E-state index in [0.29, 0.717) is 11.0 Å². The fraction of sp³-hybridized carbons (Fsp3) is 0.688. The lowest BCUT2D eigenvalue weighted by molar-refractivity contribution is -0.147. The van der Waals surface area contributed by atoms with Gasteiger partial charge in [-0.15, -0.1) is 11.3 Å². The maximum absolute atomic E-state index is 12.6. The van der Waals surface area contributed by atoms with E-state index >= 15 is 0 Å². The molecule has 2 N–H and O–H groups in total. The van der Waals surface area contributed by atoms with Gasteiger partial charge in [-0.3, -0.25) is 9.59 Å². The summed E-state index contributed by atoms with van der Waals surface area (Å²) in [5.74, 6) is -1.88. The van der Waals surface area contributed by atoms with Gasteiger partial charge < -0.3 is 15.2 Å². The molecular formula is C16H20N2O4S. The summed E-state index contributed by atoms with van der Waals surface area (Å²) in [4.78, 5) is 29.9. The summed E-state index contributed by atoms with van der Waals surface area (Å²) in [5, 5.41) is 12.9. The van der Waals surface area contributed by atoms with E-state index in [9.17, 15) is 14.7 Å². The fourth-order valence-corrected chi connectivity index (χ4v) is 5.28. The molecule has 3 aliphatic rings. The molecule has 0 unspecified atom stereocenters. The average molecular weight is 336 g/mol. The van der Waals surface area contributed by atoms with Crippen LogP contribution in [0.5, 0.6) is 0 Å². The first-order valence-corrected chi connectivity index (χ1v) is 9.02. The number of carbonyl (C=O) groups is 2. The zero-order valence-electron chi connectivity index (χ0n) is 12.9. The molecule has 0 aromatic carbocycles. The molecule has 1 amide bonds. The number of anilines is 1. The van der Waals surface area contributed by atoms with E-state index in [4.69, 9.17) is 4.74 Å². The molecule has 0 saturated carbocycles. The maximum Gasteiger partial charge on any atom is 0.310 e. The van der Waals surface area contributed by atoms with Crippen LogP contribution in [0.4, 0.5) is 5.13 Å². The molecule has 1 aromatic rings. The van der Waals surface area contributed by atoms with Gasteiger partial charge in [0, 0.05) is 4.88 Å². The Kier molecular flexibility index (Phi) is 3.65. The number of amides is 1. The minimum atomic E-state index is -0.940. The second-order valence-corrected chi connectivity index (χ2v) is 7.99. The van der Waals surface area contributed by atoms with E-state index < -0.39 is 17.8 Å². The van der Waals surface area contributed by atoms with Crippen LogP contribution in [0.2, 0.25) is 0 Å². The second-order valence-electron chi connectivity index (χ2n) is 6.91. The van der Waals surface area contributed by atoms with Crippen molar-refractivity contribution in [1.82, 2.24) is 4.98 Å². The summed E-state index contributed by atoms with van der Waals surface area (Å²) in [6.45, 7) is 2.23. The summed E-state index contributed by atoms with van der Waals surface area (Å²) in [6, 6.07) is 0. The van der Waals surface area contributed by atoms with Crippen molar-refractivity contribution in [3.05, 3.63) is 10.6 Å². The summed E-state index contributed by atoms with van der Waals surface area (Å²) >= 11 is 1.52. The number of nitrogens with zero attached hydrogens (tertiary/aromatic N) is 1. The summed E-state index contributed by atoms with van der Waals surface area (Å²) in [7, 11) is 0. The molecule has 2 aliphatic heterocycles. The number of carboxylic acids is 1. The van der Waals surface area contributed by atoms with Gasteiger partial charge in [0.25, 0.3) is 0 Å². The summed E-state index contributed by atoms with van der Waals surface area (Å²) in [5.41, 5.74) is 1.09. The van der Waals surface area contributed by atoms with Gasteiger partial charge >= 0.3 is 5.97 Å². The Morgan fingerprint density at radius 2 is 2.00 bits per heavy atom. The van der Waals surface area contributed by atoms with Gasteiger partial charge in [-0.25, -0.2) is 4.98 Å². The van der Waals surface area contributed by atoms with Crippen LogP contribution in [0.15, 0.2) is 0 Å². The third kappa shape index (κ3) is 2.55.